The molecule has 0 fully saturated rings. The zero-order valence-electron chi connectivity index (χ0n) is 7.63. The molecule has 1 unspecified atom stereocenters. The van der Waals surface area contributed by atoms with Crippen molar-refractivity contribution in [2.45, 2.75) is 25.8 Å². The summed E-state index contributed by atoms with van der Waals surface area (Å²) in [6, 6.07) is 5.12. The topological polar surface area (TPSA) is 29.3 Å². The molecule has 1 heterocycles. The number of nitrogens with zero attached hydrogens (tertiary/aromatic N) is 1. The number of rotatable bonds is 0. The van der Waals surface area contributed by atoms with Crippen LogP contribution in [0.25, 0.3) is 0 Å². The van der Waals surface area contributed by atoms with E-state index in [9.17, 15) is 4.39 Å². The molecule has 13 heavy (non-hydrogen) atoms. The second-order valence-electron chi connectivity index (χ2n) is 3.57. The lowest BCUT2D eigenvalue weighted by Crippen LogP contribution is -2.42. The van der Waals surface area contributed by atoms with Crippen LogP contribution in [0.3, 0.4) is 0 Å². The first-order valence-corrected chi connectivity index (χ1v) is 4.51. The van der Waals surface area contributed by atoms with Gasteiger partial charge in [0.1, 0.15) is 5.82 Å². The zero-order valence-corrected chi connectivity index (χ0v) is 7.63. The molecular weight excluding hydrogens is 167 g/mol. The molecule has 0 amide bonds. The van der Waals surface area contributed by atoms with E-state index < -0.39 is 0 Å². The van der Waals surface area contributed by atoms with Gasteiger partial charge in [0, 0.05) is 6.04 Å². The van der Waals surface area contributed by atoms with Gasteiger partial charge in [0.25, 0.3) is 0 Å². The predicted octanol–water partition coefficient (Wildman–Crippen LogP) is 1.84. The molecule has 0 saturated heterocycles. The van der Waals surface area contributed by atoms with E-state index in [0.717, 1.165) is 24.1 Å². The SMILES string of the molecule is CC1CCc2cc(F)ccc2N1N. The minimum absolute atomic E-state index is 0.179. The fourth-order valence-corrected chi connectivity index (χ4v) is 1.75. The summed E-state index contributed by atoms with van der Waals surface area (Å²) in [6.45, 7) is 2.08. The molecule has 1 aromatic rings. The van der Waals surface area contributed by atoms with E-state index in [1.54, 1.807) is 17.1 Å². The quantitative estimate of drug-likeness (QED) is 0.617. The normalized spacial score (nSPS) is 21.5. The van der Waals surface area contributed by atoms with Crippen LogP contribution in [0.15, 0.2) is 18.2 Å². The maximum Gasteiger partial charge on any atom is 0.123 e. The Morgan fingerprint density at radius 3 is 3.08 bits per heavy atom. The van der Waals surface area contributed by atoms with Crippen LogP contribution in [0.2, 0.25) is 0 Å². The molecule has 0 radical (unpaired) electrons. The minimum atomic E-state index is -0.179. The van der Waals surface area contributed by atoms with Crippen LogP contribution in [0.5, 0.6) is 0 Å². The van der Waals surface area contributed by atoms with Crippen molar-refractivity contribution in [1.29, 1.82) is 0 Å². The van der Waals surface area contributed by atoms with Crippen LogP contribution in [-0.4, -0.2) is 6.04 Å². The molecule has 1 aliphatic heterocycles. The van der Waals surface area contributed by atoms with E-state index in [-0.39, 0.29) is 5.82 Å². The molecule has 0 bridgehead atoms. The van der Waals surface area contributed by atoms with Gasteiger partial charge in [0.15, 0.2) is 0 Å². The molecule has 0 aliphatic carbocycles. The highest BCUT2D eigenvalue weighted by atomic mass is 19.1. The highest BCUT2D eigenvalue weighted by Crippen LogP contribution is 2.28. The third-order valence-corrected chi connectivity index (χ3v) is 2.63. The number of hydrogen-bond acceptors (Lipinski definition) is 2. The van der Waals surface area contributed by atoms with Crippen molar-refractivity contribution >= 4 is 5.69 Å². The molecule has 1 atom stereocenters. The van der Waals surface area contributed by atoms with Gasteiger partial charge < -0.3 is 5.01 Å². The van der Waals surface area contributed by atoms with Crippen LogP contribution in [0, 0.1) is 5.82 Å². The number of hydrazine groups is 1. The van der Waals surface area contributed by atoms with E-state index in [1.165, 1.54) is 6.07 Å². The molecule has 2 nitrogen and oxygen atoms in total. The Kier molecular flexibility index (Phi) is 1.96. The zero-order chi connectivity index (χ0) is 9.42. The Balaban J connectivity index is 2.44. The summed E-state index contributed by atoms with van der Waals surface area (Å²) in [7, 11) is 0. The molecule has 2 N–H and O–H groups in total. The maximum atomic E-state index is 12.9. The average molecular weight is 180 g/mol. The number of hydrogen-bond donors (Lipinski definition) is 1. The fraction of sp³-hybridized carbons (Fsp3) is 0.400. The molecule has 0 aromatic heterocycles. The van der Waals surface area contributed by atoms with Crippen LogP contribution in [0.1, 0.15) is 18.9 Å². The summed E-state index contributed by atoms with van der Waals surface area (Å²) >= 11 is 0. The lowest BCUT2D eigenvalue weighted by molar-refractivity contribution is 0.566. The number of aryl methyl sites for hydroxylation is 1. The number of halogens is 1. The molecule has 0 spiro atoms. The van der Waals surface area contributed by atoms with Crippen molar-refractivity contribution in [3.05, 3.63) is 29.6 Å². The van der Waals surface area contributed by atoms with Crippen molar-refractivity contribution in [1.82, 2.24) is 0 Å². The molecule has 0 saturated carbocycles. The fourth-order valence-electron chi connectivity index (χ4n) is 1.75. The van der Waals surface area contributed by atoms with Gasteiger partial charge in [-0.1, -0.05) is 0 Å². The van der Waals surface area contributed by atoms with Crippen molar-refractivity contribution in [3.63, 3.8) is 0 Å². The number of anilines is 1. The van der Waals surface area contributed by atoms with E-state index in [0.29, 0.717) is 6.04 Å². The van der Waals surface area contributed by atoms with E-state index in [1.807, 2.05) is 0 Å². The Hall–Kier alpha value is -1.09. The Morgan fingerprint density at radius 2 is 2.31 bits per heavy atom. The van der Waals surface area contributed by atoms with Gasteiger partial charge in [-0.2, -0.15) is 0 Å². The summed E-state index contributed by atoms with van der Waals surface area (Å²) in [4.78, 5) is 0. The Morgan fingerprint density at radius 1 is 1.54 bits per heavy atom. The smallest absolute Gasteiger partial charge is 0.123 e. The van der Waals surface area contributed by atoms with Crippen LogP contribution >= 0.6 is 0 Å². The van der Waals surface area contributed by atoms with E-state index >= 15 is 0 Å². The van der Waals surface area contributed by atoms with Gasteiger partial charge in [-0.3, -0.25) is 0 Å². The number of fused-ring (bicyclic) bond motifs is 1. The standard InChI is InChI=1S/C10H13FN2/c1-7-2-3-8-6-9(11)4-5-10(8)13(7)12/h4-7H,2-3,12H2,1H3. The van der Waals surface area contributed by atoms with Crippen molar-refractivity contribution in [2.75, 3.05) is 5.01 Å². The lowest BCUT2D eigenvalue weighted by atomic mass is 9.98. The predicted molar refractivity (Wildman–Crippen MR) is 50.8 cm³/mol. The van der Waals surface area contributed by atoms with Gasteiger partial charge in [0.2, 0.25) is 0 Å². The third-order valence-electron chi connectivity index (χ3n) is 2.63. The molecular formula is C10H13FN2. The first-order valence-electron chi connectivity index (χ1n) is 4.51. The maximum absolute atomic E-state index is 12.9. The first kappa shape index (κ1) is 8.51. The number of benzene rings is 1. The summed E-state index contributed by atoms with van der Waals surface area (Å²) in [5, 5.41) is 1.72. The molecule has 3 heteroatoms. The highest BCUT2D eigenvalue weighted by Gasteiger charge is 2.20. The summed E-state index contributed by atoms with van der Waals surface area (Å²) in [5.74, 6) is 5.67. The molecule has 1 aromatic carbocycles. The summed E-state index contributed by atoms with van der Waals surface area (Å²) in [6.07, 6.45) is 1.91. The highest BCUT2D eigenvalue weighted by molar-refractivity contribution is 5.55. The second-order valence-corrected chi connectivity index (χ2v) is 3.57. The van der Waals surface area contributed by atoms with Crippen molar-refractivity contribution in [2.24, 2.45) is 5.84 Å². The van der Waals surface area contributed by atoms with Gasteiger partial charge >= 0.3 is 0 Å². The monoisotopic (exact) mass is 180 g/mol. The third kappa shape index (κ3) is 1.40. The molecule has 2 rings (SSSR count). The first-order chi connectivity index (χ1) is 6.18. The lowest BCUT2D eigenvalue weighted by Gasteiger charge is -2.32. The molecule has 1 aliphatic rings. The van der Waals surface area contributed by atoms with Gasteiger partial charge in [-0.25, -0.2) is 10.2 Å². The van der Waals surface area contributed by atoms with Crippen LogP contribution < -0.4 is 10.9 Å². The number of nitrogens with two attached hydrogens (primary N) is 1. The van der Waals surface area contributed by atoms with Crippen molar-refractivity contribution < 1.29 is 4.39 Å². The Labute approximate surface area is 77.1 Å². The van der Waals surface area contributed by atoms with Crippen LogP contribution in [-0.2, 0) is 6.42 Å². The summed E-state index contributed by atoms with van der Waals surface area (Å²) in [5.41, 5.74) is 1.97. The second kappa shape index (κ2) is 3.00. The van der Waals surface area contributed by atoms with Gasteiger partial charge in [-0.15, -0.1) is 0 Å². The Bertz CT molecular complexity index is 325. The summed E-state index contributed by atoms with van der Waals surface area (Å²) < 4.78 is 12.9. The van der Waals surface area contributed by atoms with Gasteiger partial charge in [-0.05, 0) is 43.5 Å². The van der Waals surface area contributed by atoms with Crippen molar-refractivity contribution in [3.8, 4) is 0 Å². The average Bonchev–Trinajstić information content (AvgIpc) is 2.12. The van der Waals surface area contributed by atoms with E-state index in [4.69, 9.17) is 5.84 Å². The molecule has 70 valence electrons. The minimum Gasteiger partial charge on any atom is -0.308 e. The van der Waals surface area contributed by atoms with Crippen LogP contribution in [0.4, 0.5) is 10.1 Å². The van der Waals surface area contributed by atoms with E-state index in [2.05, 4.69) is 6.92 Å². The largest absolute Gasteiger partial charge is 0.308 e. The van der Waals surface area contributed by atoms with Gasteiger partial charge in [0.05, 0.1) is 5.69 Å².